The Bertz CT molecular complexity index is 1150. The van der Waals surface area contributed by atoms with Gasteiger partial charge in [-0.25, -0.2) is 9.97 Å². The lowest BCUT2D eigenvalue weighted by molar-refractivity contribution is -0.137. The van der Waals surface area contributed by atoms with Crippen molar-refractivity contribution in [2.45, 2.75) is 50.9 Å². The Hall–Kier alpha value is -3.13. The van der Waals surface area contributed by atoms with Gasteiger partial charge in [-0.15, -0.1) is 11.3 Å². The topological polar surface area (TPSA) is 93.6 Å². The third-order valence-corrected chi connectivity index (χ3v) is 7.08. The molecule has 2 aliphatic heterocycles. The number of pyridine rings is 1. The molecule has 33 heavy (non-hydrogen) atoms. The van der Waals surface area contributed by atoms with Crippen LogP contribution in [0.25, 0.3) is 0 Å². The van der Waals surface area contributed by atoms with Crippen LogP contribution in [0.5, 0.6) is 11.5 Å². The van der Waals surface area contributed by atoms with E-state index in [-0.39, 0.29) is 19.1 Å². The predicted molar refractivity (Wildman–Crippen MR) is 126 cm³/mol. The van der Waals surface area contributed by atoms with Gasteiger partial charge in [-0.3, -0.25) is 4.79 Å². The van der Waals surface area contributed by atoms with Crippen molar-refractivity contribution in [3.63, 3.8) is 0 Å². The average molecular weight is 466 g/mol. The van der Waals surface area contributed by atoms with Crippen LogP contribution in [0.15, 0.2) is 35.7 Å². The number of thiazole rings is 1. The van der Waals surface area contributed by atoms with Crippen LogP contribution in [0.3, 0.4) is 0 Å². The summed E-state index contributed by atoms with van der Waals surface area (Å²) in [5, 5.41) is 16.0. The number of anilines is 1. The van der Waals surface area contributed by atoms with E-state index in [0.717, 1.165) is 60.0 Å². The molecule has 0 bridgehead atoms. The minimum atomic E-state index is -0.819. The number of rotatable bonds is 9. The first kappa shape index (κ1) is 21.7. The fourth-order valence-electron chi connectivity index (χ4n) is 4.42. The van der Waals surface area contributed by atoms with E-state index in [1.54, 1.807) is 11.3 Å². The first-order chi connectivity index (χ1) is 16.1. The molecule has 4 heterocycles. The molecule has 0 amide bonds. The molecule has 0 aliphatic carbocycles. The molecule has 0 radical (unpaired) electrons. The molecule has 2 N–H and O–H groups in total. The Labute approximate surface area is 196 Å². The summed E-state index contributed by atoms with van der Waals surface area (Å²) < 4.78 is 10.8. The van der Waals surface area contributed by atoms with Crippen molar-refractivity contribution < 1.29 is 19.4 Å². The van der Waals surface area contributed by atoms with Gasteiger partial charge in [-0.2, -0.15) is 0 Å². The lowest BCUT2D eigenvalue weighted by Crippen LogP contribution is -2.14. The van der Waals surface area contributed by atoms with Crippen LogP contribution in [0, 0.1) is 0 Å². The van der Waals surface area contributed by atoms with E-state index in [9.17, 15) is 9.90 Å². The first-order valence-corrected chi connectivity index (χ1v) is 12.3. The molecule has 2 aliphatic rings. The number of fused-ring (bicyclic) bond motifs is 2. The zero-order chi connectivity index (χ0) is 22.6. The monoisotopic (exact) mass is 465 g/mol. The highest BCUT2D eigenvalue weighted by atomic mass is 32.1. The zero-order valence-corrected chi connectivity index (χ0v) is 19.2. The number of hydrogen-bond acceptors (Lipinski definition) is 7. The molecule has 0 saturated heterocycles. The second-order valence-electron chi connectivity index (χ2n) is 8.54. The highest BCUT2D eigenvalue weighted by molar-refractivity contribution is 7.09. The van der Waals surface area contributed by atoms with Gasteiger partial charge < -0.3 is 19.9 Å². The van der Waals surface area contributed by atoms with Crippen molar-refractivity contribution in [3.05, 3.63) is 63.2 Å². The number of hydrogen-bond donors (Lipinski definition) is 2. The molecular formula is C25H27N3O4S. The Morgan fingerprint density at radius 3 is 2.94 bits per heavy atom. The molecule has 1 aromatic carbocycles. The highest BCUT2D eigenvalue weighted by Gasteiger charge is 2.22. The molecule has 172 valence electrons. The second kappa shape index (κ2) is 9.79. The number of carbonyl (C=O) groups is 1. The van der Waals surface area contributed by atoms with Crippen molar-refractivity contribution in [2.24, 2.45) is 0 Å². The molecule has 3 aromatic rings. The number of carboxylic acid groups (broad SMARTS) is 1. The Balaban J connectivity index is 1.19. The quantitative estimate of drug-likeness (QED) is 0.477. The molecule has 1 unspecified atom stereocenters. The number of benzene rings is 1. The predicted octanol–water partition coefficient (Wildman–Crippen LogP) is 4.60. The van der Waals surface area contributed by atoms with Gasteiger partial charge in [0.15, 0.2) is 11.5 Å². The number of aliphatic carboxylic acids is 1. The molecule has 1 atom stereocenters. The summed E-state index contributed by atoms with van der Waals surface area (Å²) in [5.41, 5.74) is 4.30. The fraction of sp³-hybridized carbons (Fsp3) is 0.400. The maximum Gasteiger partial charge on any atom is 0.303 e. The summed E-state index contributed by atoms with van der Waals surface area (Å²) >= 11 is 1.65. The summed E-state index contributed by atoms with van der Waals surface area (Å²) in [7, 11) is 0. The molecule has 0 spiro atoms. The Kier molecular flexibility index (Phi) is 6.44. The average Bonchev–Trinajstić information content (AvgIpc) is 3.47. The number of aromatic nitrogens is 2. The fourth-order valence-corrected chi connectivity index (χ4v) is 5.28. The summed E-state index contributed by atoms with van der Waals surface area (Å²) in [6, 6.07) is 10.0. The first-order valence-electron chi connectivity index (χ1n) is 11.4. The number of nitrogens with zero attached hydrogens (tertiary/aromatic N) is 2. The molecule has 5 rings (SSSR count). The zero-order valence-electron chi connectivity index (χ0n) is 18.4. The van der Waals surface area contributed by atoms with Crippen molar-refractivity contribution in [1.82, 2.24) is 9.97 Å². The van der Waals surface area contributed by atoms with Gasteiger partial charge in [-0.1, -0.05) is 12.1 Å². The highest BCUT2D eigenvalue weighted by Crippen LogP contribution is 2.36. The number of ether oxygens (including phenoxy) is 2. The number of carboxylic acids is 1. The second-order valence-corrected chi connectivity index (χ2v) is 9.48. The molecule has 8 heteroatoms. The molecular weight excluding hydrogens is 438 g/mol. The van der Waals surface area contributed by atoms with E-state index in [4.69, 9.17) is 19.4 Å². The van der Waals surface area contributed by atoms with E-state index in [2.05, 4.69) is 22.8 Å². The van der Waals surface area contributed by atoms with Gasteiger partial charge in [0.1, 0.15) is 5.82 Å². The SMILES string of the molecule is O=C(O)CC(Cc1csc(CCCc2ccc3c(n2)NCCC3)n1)c1ccc2c(c1)OCO2. The number of aryl methyl sites for hydroxylation is 3. The molecule has 7 nitrogen and oxygen atoms in total. The molecule has 2 aromatic heterocycles. The van der Waals surface area contributed by atoms with Gasteiger partial charge in [0, 0.05) is 23.5 Å². The third-order valence-electron chi connectivity index (χ3n) is 6.12. The van der Waals surface area contributed by atoms with Crippen LogP contribution in [0.2, 0.25) is 0 Å². The van der Waals surface area contributed by atoms with Crippen LogP contribution in [-0.2, 0) is 30.5 Å². The van der Waals surface area contributed by atoms with Crippen molar-refractivity contribution in [3.8, 4) is 11.5 Å². The van der Waals surface area contributed by atoms with Crippen LogP contribution < -0.4 is 14.8 Å². The standard InChI is InChI=1S/C25H27N3O4S/c29-24(30)13-18(17-7-9-21-22(12-17)32-15-31-21)11-20-14-33-23(27-20)5-1-4-19-8-6-16-3-2-10-26-25(16)28-19/h6-9,12,14,18H,1-5,10-11,13,15H2,(H,26,28)(H,29,30). The van der Waals surface area contributed by atoms with Gasteiger partial charge in [0.2, 0.25) is 6.79 Å². The van der Waals surface area contributed by atoms with E-state index in [1.807, 2.05) is 18.2 Å². The van der Waals surface area contributed by atoms with Crippen LogP contribution in [-0.4, -0.2) is 34.4 Å². The summed E-state index contributed by atoms with van der Waals surface area (Å²) in [6.07, 6.45) is 5.70. The minimum absolute atomic E-state index is 0.0462. The van der Waals surface area contributed by atoms with E-state index < -0.39 is 5.97 Å². The van der Waals surface area contributed by atoms with Crippen molar-refractivity contribution in [2.75, 3.05) is 18.7 Å². The van der Waals surface area contributed by atoms with Gasteiger partial charge in [0.05, 0.1) is 17.1 Å². The molecule has 0 saturated carbocycles. The minimum Gasteiger partial charge on any atom is -0.481 e. The van der Waals surface area contributed by atoms with Crippen LogP contribution >= 0.6 is 11.3 Å². The summed E-state index contributed by atoms with van der Waals surface area (Å²) in [4.78, 5) is 21.1. The van der Waals surface area contributed by atoms with Gasteiger partial charge in [-0.05, 0) is 67.9 Å². The third kappa shape index (κ3) is 5.27. The van der Waals surface area contributed by atoms with Crippen molar-refractivity contribution >= 4 is 23.1 Å². The Morgan fingerprint density at radius 1 is 1.12 bits per heavy atom. The van der Waals surface area contributed by atoms with Crippen LogP contribution in [0.4, 0.5) is 5.82 Å². The maximum atomic E-state index is 11.5. The van der Waals surface area contributed by atoms with E-state index >= 15 is 0 Å². The normalized spacial score (nSPS) is 15.0. The summed E-state index contributed by atoms with van der Waals surface area (Å²) in [5.74, 6) is 1.43. The lowest BCUT2D eigenvalue weighted by atomic mass is 9.91. The number of nitrogens with one attached hydrogen (secondary N) is 1. The smallest absolute Gasteiger partial charge is 0.303 e. The largest absolute Gasteiger partial charge is 0.481 e. The van der Waals surface area contributed by atoms with Gasteiger partial charge >= 0.3 is 5.97 Å². The van der Waals surface area contributed by atoms with Crippen molar-refractivity contribution in [1.29, 1.82) is 0 Å². The Morgan fingerprint density at radius 2 is 2.03 bits per heavy atom. The lowest BCUT2D eigenvalue weighted by Gasteiger charge is -2.17. The van der Waals surface area contributed by atoms with Gasteiger partial charge in [0.25, 0.3) is 0 Å². The van der Waals surface area contributed by atoms with Crippen LogP contribution in [0.1, 0.15) is 52.7 Å². The van der Waals surface area contributed by atoms with E-state index in [0.29, 0.717) is 17.9 Å². The summed E-state index contributed by atoms with van der Waals surface area (Å²) in [6.45, 7) is 1.20. The maximum absolute atomic E-state index is 11.5. The van der Waals surface area contributed by atoms with E-state index in [1.165, 1.54) is 12.0 Å². The molecule has 0 fully saturated rings.